The van der Waals surface area contributed by atoms with Crippen molar-refractivity contribution in [3.8, 4) is 11.3 Å². The highest BCUT2D eigenvalue weighted by Crippen LogP contribution is 2.23. The Balaban J connectivity index is 1.92. The van der Waals surface area contributed by atoms with Gasteiger partial charge in [-0.25, -0.2) is 4.21 Å². The maximum atomic E-state index is 12.3. The van der Waals surface area contributed by atoms with E-state index in [0.717, 1.165) is 5.56 Å². The summed E-state index contributed by atoms with van der Waals surface area (Å²) < 4.78 is 17.5. The summed E-state index contributed by atoms with van der Waals surface area (Å²) in [4.78, 5) is 0.707. The highest BCUT2D eigenvalue weighted by Gasteiger charge is 2.14. The molecule has 1 aromatic heterocycles. The van der Waals surface area contributed by atoms with Crippen LogP contribution in [0.25, 0.3) is 11.3 Å². The first-order valence-corrected chi connectivity index (χ1v) is 6.98. The number of hydrogen-bond acceptors (Lipinski definition) is 3. The molecule has 0 aliphatic heterocycles. The monoisotopic (exact) mass is 269 g/mol. The zero-order chi connectivity index (χ0) is 13.1. The molecule has 19 heavy (non-hydrogen) atoms. The zero-order valence-electron chi connectivity index (χ0n) is 10.0. The van der Waals surface area contributed by atoms with Crippen molar-refractivity contribution in [2.24, 2.45) is 0 Å². The van der Waals surface area contributed by atoms with Gasteiger partial charge in [-0.15, -0.1) is 0 Å². The van der Waals surface area contributed by atoms with Gasteiger partial charge in [-0.2, -0.15) is 0 Å². The van der Waals surface area contributed by atoms with Crippen LogP contribution in [0, 0.1) is 0 Å². The summed E-state index contributed by atoms with van der Waals surface area (Å²) in [5, 5.41) is 4.33. The topological polar surface area (TPSA) is 43.1 Å². The molecule has 0 saturated heterocycles. The van der Waals surface area contributed by atoms with Crippen molar-refractivity contribution in [1.82, 2.24) is 5.16 Å². The Morgan fingerprint density at radius 3 is 2.21 bits per heavy atom. The Kier molecular flexibility index (Phi) is 3.25. The molecule has 1 unspecified atom stereocenters. The van der Waals surface area contributed by atoms with Crippen LogP contribution in [0.3, 0.4) is 0 Å². The quantitative estimate of drug-likeness (QED) is 0.730. The van der Waals surface area contributed by atoms with Crippen LogP contribution >= 0.6 is 0 Å². The van der Waals surface area contributed by atoms with E-state index < -0.39 is 10.8 Å². The lowest BCUT2D eigenvalue weighted by Crippen LogP contribution is -1.89. The van der Waals surface area contributed by atoms with Gasteiger partial charge >= 0.3 is 0 Å². The molecule has 3 nitrogen and oxygen atoms in total. The molecule has 0 spiro atoms. The maximum absolute atomic E-state index is 12.3. The molecule has 0 bridgehead atoms. The van der Waals surface area contributed by atoms with Crippen molar-refractivity contribution in [3.63, 3.8) is 0 Å². The van der Waals surface area contributed by atoms with Gasteiger partial charge in [0.15, 0.2) is 0 Å². The van der Waals surface area contributed by atoms with Gasteiger partial charge in [0, 0.05) is 16.5 Å². The summed E-state index contributed by atoms with van der Waals surface area (Å²) in [6.07, 6.45) is 0. The molecule has 0 fully saturated rings. The second-order valence-electron chi connectivity index (χ2n) is 3.98. The molecular formula is C15H11NO2S. The van der Waals surface area contributed by atoms with Gasteiger partial charge in [0.25, 0.3) is 0 Å². The average molecular weight is 269 g/mol. The van der Waals surface area contributed by atoms with E-state index >= 15 is 0 Å². The van der Waals surface area contributed by atoms with E-state index in [2.05, 4.69) is 5.16 Å². The lowest BCUT2D eigenvalue weighted by molar-refractivity contribution is 0.347. The largest absolute Gasteiger partial charge is 0.346 e. The van der Waals surface area contributed by atoms with E-state index in [1.165, 1.54) is 0 Å². The van der Waals surface area contributed by atoms with Gasteiger partial charge in [-0.3, -0.25) is 0 Å². The lowest BCUT2D eigenvalue weighted by atomic mass is 10.2. The highest BCUT2D eigenvalue weighted by molar-refractivity contribution is 7.85. The van der Waals surface area contributed by atoms with Crippen LogP contribution in [0.4, 0.5) is 0 Å². The molecule has 4 heteroatoms. The minimum absolute atomic E-state index is 0.366. The molecule has 3 rings (SSSR count). The number of benzene rings is 2. The van der Waals surface area contributed by atoms with E-state index in [4.69, 9.17) is 4.52 Å². The molecule has 2 aromatic carbocycles. The van der Waals surface area contributed by atoms with Gasteiger partial charge in [-0.1, -0.05) is 53.7 Å². The Labute approximate surface area is 113 Å². The molecule has 0 aliphatic rings. The smallest absolute Gasteiger partial charge is 0.228 e. The first kappa shape index (κ1) is 11.9. The van der Waals surface area contributed by atoms with E-state index in [1.54, 1.807) is 18.2 Å². The molecule has 1 heterocycles. The predicted molar refractivity (Wildman–Crippen MR) is 73.1 cm³/mol. The molecule has 0 N–H and O–H groups in total. The van der Waals surface area contributed by atoms with Crippen molar-refractivity contribution in [2.45, 2.75) is 9.99 Å². The fourth-order valence-corrected chi connectivity index (χ4v) is 2.71. The Bertz CT molecular complexity index is 692. The van der Waals surface area contributed by atoms with Crippen molar-refractivity contribution in [2.75, 3.05) is 0 Å². The standard InChI is InChI=1S/C15H11NO2S/c17-19(13-9-5-2-6-10-13)15-11-14(16-18-15)12-7-3-1-4-8-12/h1-11H. The zero-order valence-corrected chi connectivity index (χ0v) is 10.8. The van der Waals surface area contributed by atoms with E-state index in [-0.39, 0.29) is 0 Å². The third-order valence-electron chi connectivity index (χ3n) is 2.70. The van der Waals surface area contributed by atoms with Gasteiger partial charge < -0.3 is 4.52 Å². The Morgan fingerprint density at radius 2 is 1.53 bits per heavy atom. The first-order valence-electron chi connectivity index (χ1n) is 5.83. The van der Waals surface area contributed by atoms with Crippen LogP contribution in [0.15, 0.2) is 81.2 Å². The van der Waals surface area contributed by atoms with Gasteiger partial charge in [-0.05, 0) is 12.1 Å². The van der Waals surface area contributed by atoms with Crippen molar-refractivity contribution in [1.29, 1.82) is 0 Å². The Hall–Kier alpha value is -2.20. The summed E-state index contributed by atoms with van der Waals surface area (Å²) in [5.74, 6) is 0. The van der Waals surface area contributed by atoms with Crippen LogP contribution < -0.4 is 0 Å². The Morgan fingerprint density at radius 1 is 0.895 bits per heavy atom. The minimum atomic E-state index is -1.33. The van der Waals surface area contributed by atoms with E-state index in [0.29, 0.717) is 15.7 Å². The molecule has 1 atom stereocenters. The second kappa shape index (κ2) is 5.20. The third kappa shape index (κ3) is 2.48. The molecular weight excluding hydrogens is 258 g/mol. The third-order valence-corrected chi connectivity index (χ3v) is 3.96. The summed E-state index contributed by atoms with van der Waals surface area (Å²) >= 11 is 0. The van der Waals surface area contributed by atoms with Crippen molar-refractivity contribution in [3.05, 3.63) is 66.7 Å². The van der Waals surface area contributed by atoms with Gasteiger partial charge in [0.05, 0.1) is 0 Å². The molecule has 94 valence electrons. The van der Waals surface area contributed by atoms with Crippen LogP contribution in [-0.4, -0.2) is 9.37 Å². The highest BCUT2D eigenvalue weighted by atomic mass is 32.2. The average Bonchev–Trinajstić information content (AvgIpc) is 2.98. The molecule has 0 radical (unpaired) electrons. The fraction of sp³-hybridized carbons (Fsp3) is 0. The van der Waals surface area contributed by atoms with Crippen LogP contribution in [0.2, 0.25) is 0 Å². The number of aromatic nitrogens is 1. The van der Waals surface area contributed by atoms with Crippen LogP contribution in [0.1, 0.15) is 0 Å². The van der Waals surface area contributed by atoms with Crippen LogP contribution in [-0.2, 0) is 10.8 Å². The normalized spacial score (nSPS) is 12.2. The van der Waals surface area contributed by atoms with Gasteiger partial charge in [0.1, 0.15) is 16.5 Å². The van der Waals surface area contributed by atoms with Crippen molar-refractivity contribution < 1.29 is 8.73 Å². The summed E-state index contributed by atoms with van der Waals surface area (Å²) in [6.45, 7) is 0. The second-order valence-corrected chi connectivity index (χ2v) is 5.39. The van der Waals surface area contributed by atoms with Crippen LogP contribution in [0.5, 0.6) is 0 Å². The maximum Gasteiger partial charge on any atom is 0.228 e. The first-order chi connectivity index (χ1) is 9.34. The van der Waals surface area contributed by atoms with Crippen molar-refractivity contribution >= 4 is 10.8 Å². The molecule has 3 aromatic rings. The minimum Gasteiger partial charge on any atom is -0.346 e. The number of hydrogen-bond donors (Lipinski definition) is 0. The fourth-order valence-electron chi connectivity index (χ4n) is 1.75. The lowest BCUT2D eigenvalue weighted by Gasteiger charge is -1.95. The summed E-state index contributed by atoms with van der Waals surface area (Å²) in [6, 6.07) is 20.6. The summed E-state index contributed by atoms with van der Waals surface area (Å²) in [5.41, 5.74) is 1.64. The SMILES string of the molecule is O=S(c1ccccc1)c1cc(-c2ccccc2)no1. The predicted octanol–water partition coefficient (Wildman–Crippen LogP) is 3.51. The molecule has 0 aliphatic carbocycles. The molecule has 0 saturated carbocycles. The molecule has 0 amide bonds. The summed E-state index contributed by atoms with van der Waals surface area (Å²) in [7, 11) is -1.33. The van der Waals surface area contributed by atoms with Gasteiger partial charge in [0.2, 0.25) is 5.09 Å². The van der Waals surface area contributed by atoms with E-state index in [9.17, 15) is 4.21 Å². The number of nitrogens with zero attached hydrogens (tertiary/aromatic N) is 1. The number of rotatable bonds is 3. The van der Waals surface area contributed by atoms with E-state index in [1.807, 2.05) is 48.5 Å².